The SMILES string of the molecule is CNC(=O)CCN(Cc1ccccc1)CC(O)c1cccs1. The quantitative estimate of drug-likeness (QED) is 0.786. The molecule has 4 nitrogen and oxygen atoms in total. The van der Waals surface area contributed by atoms with Gasteiger partial charge in [-0.25, -0.2) is 0 Å². The Balaban J connectivity index is 1.98. The molecule has 2 aromatic rings. The van der Waals surface area contributed by atoms with Gasteiger partial charge in [0.1, 0.15) is 6.10 Å². The number of thiophene rings is 1. The van der Waals surface area contributed by atoms with E-state index in [-0.39, 0.29) is 5.91 Å². The summed E-state index contributed by atoms with van der Waals surface area (Å²) >= 11 is 1.55. The Labute approximate surface area is 135 Å². The second-order valence-electron chi connectivity index (χ2n) is 5.18. The predicted molar refractivity (Wildman–Crippen MR) is 89.7 cm³/mol. The topological polar surface area (TPSA) is 52.6 Å². The molecule has 0 aliphatic heterocycles. The third-order valence-electron chi connectivity index (χ3n) is 3.49. The average Bonchev–Trinajstić information content (AvgIpc) is 3.07. The molecule has 0 radical (unpaired) electrons. The van der Waals surface area contributed by atoms with Crippen LogP contribution < -0.4 is 5.32 Å². The zero-order valence-corrected chi connectivity index (χ0v) is 13.6. The van der Waals surface area contributed by atoms with E-state index in [1.54, 1.807) is 18.4 Å². The summed E-state index contributed by atoms with van der Waals surface area (Å²) in [5.41, 5.74) is 1.18. The highest BCUT2D eigenvalue weighted by molar-refractivity contribution is 7.10. The first kappa shape index (κ1) is 16.7. The minimum absolute atomic E-state index is 0.0173. The number of carbonyl (C=O) groups excluding carboxylic acids is 1. The van der Waals surface area contributed by atoms with Crippen LogP contribution in [-0.2, 0) is 11.3 Å². The van der Waals surface area contributed by atoms with Gasteiger partial charge in [0.15, 0.2) is 0 Å². The van der Waals surface area contributed by atoms with Crippen molar-refractivity contribution in [2.75, 3.05) is 20.1 Å². The summed E-state index contributed by atoms with van der Waals surface area (Å²) in [5, 5.41) is 15.0. The number of hydrogen-bond donors (Lipinski definition) is 2. The average molecular weight is 318 g/mol. The molecule has 1 aromatic carbocycles. The number of hydrogen-bond acceptors (Lipinski definition) is 4. The van der Waals surface area contributed by atoms with Gasteiger partial charge in [-0.3, -0.25) is 9.69 Å². The first-order valence-electron chi connectivity index (χ1n) is 7.37. The third kappa shape index (κ3) is 5.26. The summed E-state index contributed by atoms with van der Waals surface area (Å²) in [5.74, 6) is 0.0173. The molecule has 1 aromatic heterocycles. The molecule has 1 amide bonds. The molecule has 0 bridgehead atoms. The fraction of sp³-hybridized carbons (Fsp3) is 0.353. The number of amides is 1. The van der Waals surface area contributed by atoms with Gasteiger partial charge in [-0.15, -0.1) is 11.3 Å². The molecule has 0 saturated carbocycles. The van der Waals surface area contributed by atoms with Crippen molar-refractivity contribution in [2.45, 2.75) is 19.1 Å². The van der Waals surface area contributed by atoms with Crippen molar-refractivity contribution in [2.24, 2.45) is 0 Å². The van der Waals surface area contributed by atoms with Crippen LogP contribution in [0.2, 0.25) is 0 Å². The molecule has 2 rings (SSSR count). The van der Waals surface area contributed by atoms with E-state index in [0.29, 0.717) is 19.5 Å². The molecule has 0 fully saturated rings. The Morgan fingerprint density at radius 3 is 2.68 bits per heavy atom. The van der Waals surface area contributed by atoms with Crippen molar-refractivity contribution >= 4 is 17.2 Å². The van der Waals surface area contributed by atoms with Crippen LogP contribution >= 0.6 is 11.3 Å². The fourth-order valence-corrected chi connectivity index (χ4v) is 2.98. The number of nitrogens with zero attached hydrogens (tertiary/aromatic N) is 1. The van der Waals surface area contributed by atoms with E-state index in [1.165, 1.54) is 5.56 Å². The van der Waals surface area contributed by atoms with Crippen LogP contribution in [0.1, 0.15) is 23.0 Å². The Morgan fingerprint density at radius 2 is 2.05 bits per heavy atom. The van der Waals surface area contributed by atoms with Crippen molar-refractivity contribution in [1.29, 1.82) is 0 Å². The molecule has 0 aliphatic rings. The lowest BCUT2D eigenvalue weighted by Crippen LogP contribution is -2.32. The van der Waals surface area contributed by atoms with Crippen molar-refractivity contribution < 1.29 is 9.90 Å². The molecule has 22 heavy (non-hydrogen) atoms. The van der Waals surface area contributed by atoms with E-state index in [4.69, 9.17) is 0 Å². The Morgan fingerprint density at radius 1 is 1.27 bits per heavy atom. The fourth-order valence-electron chi connectivity index (χ4n) is 2.28. The van der Waals surface area contributed by atoms with Gasteiger partial charge in [0.25, 0.3) is 0 Å². The van der Waals surface area contributed by atoms with Crippen LogP contribution in [0, 0.1) is 0 Å². The van der Waals surface area contributed by atoms with Crippen LogP contribution in [0.4, 0.5) is 0 Å². The van der Waals surface area contributed by atoms with E-state index in [1.807, 2.05) is 35.7 Å². The molecule has 1 unspecified atom stereocenters. The van der Waals surface area contributed by atoms with E-state index in [9.17, 15) is 9.90 Å². The summed E-state index contributed by atoms with van der Waals surface area (Å²) in [6.45, 7) is 1.86. The highest BCUT2D eigenvalue weighted by Crippen LogP contribution is 2.20. The maximum Gasteiger partial charge on any atom is 0.221 e. The standard InChI is InChI=1S/C17H22N2O2S/c1-18-17(21)9-10-19(12-14-6-3-2-4-7-14)13-15(20)16-8-5-11-22-16/h2-8,11,15,20H,9-10,12-13H2,1H3,(H,18,21). The maximum atomic E-state index is 11.5. The first-order chi connectivity index (χ1) is 10.7. The normalized spacial score (nSPS) is 12.3. The number of aliphatic hydroxyl groups excluding tert-OH is 1. The first-order valence-corrected chi connectivity index (χ1v) is 8.25. The van der Waals surface area contributed by atoms with Gasteiger partial charge in [0.2, 0.25) is 5.91 Å². The molecule has 5 heteroatoms. The van der Waals surface area contributed by atoms with Gasteiger partial charge in [-0.2, -0.15) is 0 Å². The van der Waals surface area contributed by atoms with E-state index in [2.05, 4.69) is 22.3 Å². The summed E-state index contributed by atoms with van der Waals surface area (Å²) in [6.07, 6.45) is -0.0890. The van der Waals surface area contributed by atoms with Crippen LogP contribution in [0.25, 0.3) is 0 Å². The van der Waals surface area contributed by atoms with E-state index >= 15 is 0 Å². The monoisotopic (exact) mass is 318 g/mol. The van der Waals surface area contributed by atoms with Crippen LogP contribution in [0.15, 0.2) is 47.8 Å². The highest BCUT2D eigenvalue weighted by atomic mass is 32.1. The second kappa shape index (κ2) is 8.68. The van der Waals surface area contributed by atoms with Crippen LogP contribution in [-0.4, -0.2) is 36.1 Å². The molecular weight excluding hydrogens is 296 g/mol. The smallest absolute Gasteiger partial charge is 0.221 e. The van der Waals surface area contributed by atoms with Crippen molar-refractivity contribution in [3.63, 3.8) is 0 Å². The number of benzene rings is 1. The maximum absolute atomic E-state index is 11.5. The lowest BCUT2D eigenvalue weighted by Gasteiger charge is -2.24. The van der Waals surface area contributed by atoms with Crippen molar-refractivity contribution in [3.05, 3.63) is 58.3 Å². The van der Waals surface area contributed by atoms with Gasteiger partial charge in [-0.05, 0) is 17.0 Å². The summed E-state index contributed by atoms with van der Waals surface area (Å²) in [4.78, 5) is 14.6. The minimum Gasteiger partial charge on any atom is -0.386 e. The zero-order chi connectivity index (χ0) is 15.8. The largest absolute Gasteiger partial charge is 0.386 e. The van der Waals surface area contributed by atoms with Gasteiger partial charge >= 0.3 is 0 Å². The lowest BCUT2D eigenvalue weighted by atomic mass is 10.2. The molecule has 2 N–H and O–H groups in total. The Bertz CT molecular complexity index is 557. The van der Waals surface area contributed by atoms with Crippen molar-refractivity contribution in [1.82, 2.24) is 10.2 Å². The molecular formula is C17H22N2O2S. The van der Waals surface area contributed by atoms with E-state index < -0.39 is 6.10 Å². The van der Waals surface area contributed by atoms with Gasteiger partial charge in [-0.1, -0.05) is 36.4 Å². The predicted octanol–water partition coefficient (Wildman–Crippen LogP) is 2.42. The lowest BCUT2D eigenvalue weighted by molar-refractivity contribution is -0.121. The Kier molecular flexibility index (Phi) is 6.58. The van der Waals surface area contributed by atoms with Crippen LogP contribution in [0.5, 0.6) is 0 Å². The molecule has 0 saturated heterocycles. The summed E-state index contributed by atoms with van der Waals surface area (Å²) in [7, 11) is 1.64. The summed E-state index contributed by atoms with van der Waals surface area (Å²) in [6, 6.07) is 14.0. The van der Waals surface area contributed by atoms with Crippen molar-refractivity contribution in [3.8, 4) is 0 Å². The number of carbonyl (C=O) groups is 1. The van der Waals surface area contributed by atoms with Gasteiger partial charge in [0, 0.05) is 38.0 Å². The number of rotatable bonds is 8. The number of aliphatic hydroxyl groups is 1. The Hall–Kier alpha value is -1.69. The molecule has 1 atom stereocenters. The zero-order valence-electron chi connectivity index (χ0n) is 12.7. The second-order valence-corrected chi connectivity index (χ2v) is 6.15. The van der Waals surface area contributed by atoms with Gasteiger partial charge < -0.3 is 10.4 Å². The number of nitrogens with one attached hydrogen (secondary N) is 1. The van der Waals surface area contributed by atoms with Crippen LogP contribution in [0.3, 0.4) is 0 Å². The summed E-state index contributed by atoms with van der Waals surface area (Å²) < 4.78 is 0. The molecule has 0 aliphatic carbocycles. The molecule has 1 heterocycles. The van der Waals surface area contributed by atoms with E-state index in [0.717, 1.165) is 11.4 Å². The third-order valence-corrected chi connectivity index (χ3v) is 4.46. The highest BCUT2D eigenvalue weighted by Gasteiger charge is 2.15. The molecule has 118 valence electrons. The minimum atomic E-state index is -0.520. The molecule has 0 spiro atoms. The van der Waals surface area contributed by atoms with Gasteiger partial charge in [0.05, 0.1) is 0 Å².